The molecule has 146 valence electrons. The fraction of sp³-hybridized carbons (Fsp3) is 0.474. The van der Waals surface area contributed by atoms with Crippen LogP contribution in [0.5, 0.6) is 0 Å². The maximum Gasteiger partial charge on any atom is 0.414 e. The van der Waals surface area contributed by atoms with Gasteiger partial charge in [-0.3, -0.25) is 14.5 Å². The number of nitrogens with zero attached hydrogens (tertiary/aromatic N) is 1. The number of fused-ring (bicyclic) bond motifs is 1. The standard InChI is InChI=1S/C19H23NO7/c1-12(21)26-19(16(23)25-5)10-13-8-6-7-9-14(13)15(22)11-20(19)17(24)27-18(2,3)4/h6-9H,10-11H2,1-5H3. The number of Topliss-reactive ketones (excluding diaryl/α,β-unsaturated/α-hetero) is 1. The van der Waals surface area contributed by atoms with Crippen molar-refractivity contribution in [1.29, 1.82) is 0 Å². The van der Waals surface area contributed by atoms with Gasteiger partial charge in [0, 0.05) is 18.9 Å². The van der Waals surface area contributed by atoms with Gasteiger partial charge in [0.05, 0.1) is 13.7 Å². The molecule has 1 amide bonds. The molecular weight excluding hydrogens is 354 g/mol. The number of ether oxygens (including phenoxy) is 3. The summed E-state index contributed by atoms with van der Waals surface area (Å²) in [7, 11) is 1.11. The Labute approximate surface area is 157 Å². The Morgan fingerprint density at radius 3 is 2.33 bits per heavy atom. The average molecular weight is 377 g/mol. The summed E-state index contributed by atoms with van der Waals surface area (Å²) in [5, 5.41) is 0. The minimum Gasteiger partial charge on any atom is -0.465 e. The Bertz CT molecular complexity index is 781. The molecular formula is C19H23NO7. The molecule has 8 nitrogen and oxygen atoms in total. The molecule has 8 heteroatoms. The number of hydrogen-bond acceptors (Lipinski definition) is 7. The van der Waals surface area contributed by atoms with E-state index in [0.717, 1.165) is 18.9 Å². The Kier molecular flexibility index (Phi) is 5.58. The third kappa shape index (κ3) is 4.27. The second kappa shape index (κ2) is 7.38. The van der Waals surface area contributed by atoms with Gasteiger partial charge in [-0.1, -0.05) is 24.3 Å². The van der Waals surface area contributed by atoms with Crippen LogP contribution in [0.1, 0.15) is 43.6 Å². The van der Waals surface area contributed by atoms with E-state index >= 15 is 0 Å². The fourth-order valence-electron chi connectivity index (χ4n) is 2.90. The largest absolute Gasteiger partial charge is 0.465 e. The van der Waals surface area contributed by atoms with E-state index in [1.54, 1.807) is 45.0 Å². The van der Waals surface area contributed by atoms with E-state index in [1.807, 2.05) is 0 Å². The zero-order chi connectivity index (χ0) is 20.4. The van der Waals surface area contributed by atoms with Gasteiger partial charge in [0.2, 0.25) is 0 Å². The molecule has 0 aliphatic carbocycles. The van der Waals surface area contributed by atoms with Crippen LogP contribution in [-0.2, 0) is 30.2 Å². The van der Waals surface area contributed by atoms with Gasteiger partial charge in [-0.2, -0.15) is 0 Å². The number of rotatable bonds is 2. The molecule has 1 aliphatic heterocycles. The molecule has 0 fully saturated rings. The Hall–Kier alpha value is -2.90. The lowest BCUT2D eigenvalue weighted by Crippen LogP contribution is -2.62. The first-order valence-corrected chi connectivity index (χ1v) is 8.40. The van der Waals surface area contributed by atoms with E-state index in [2.05, 4.69) is 0 Å². The molecule has 2 rings (SSSR count). The Balaban J connectivity index is 2.65. The number of ketones is 1. The van der Waals surface area contributed by atoms with E-state index in [0.29, 0.717) is 11.1 Å². The molecule has 1 aromatic rings. The minimum absolute atomic E-state index is 0.236. The minimum atomic E-state index is -2.15. The molecule has 27 heavy (non-hydrogen) atoms. The van der Waals surface area contributed by atoms with Crippen LogP contribution in [0.2, 0.25) is 0 Å². The van der Waals surface area contributed by atoms with Crippen LogP contribution in [0.4, 0.5) is 4.79 Å². The number of amides is 1. The first-order chi connectivity index (χ1) is 12.5. The highest BCUT2D eigenvalue weighted by Gasteiger charge is 2.55. The molecule has 0 aromatic heterocycles. The second-order valence-electron chi connectivity index (χ2n) is 7.19. The summed E-state index contributed by atoms with van der Waals surface area (Å²) in [6, 6.07) is 6.58. The highest BCUT2D eigenvalue weighted by molar-refractivity contribution is 6.02. The van der Waals surface area contributed by atoms with Crippen molar-refractivity contribution in [3.8, 4) is 0 Å². The number of hydrogen-bond donors (Lipinski definition) is 0. The van der Waals surface area contributed by atoms with Crippen molar-refractivity contribution in [1.82, 2.24) is 4.90 Å². The maximum atomic E-state index is 12.8. The molecule has 0 radical (unpaired) electrons. The first-order valence-electron chi connectivity index (χ1n) is 8.40. The summed E-state index contributed by atoms with van der Waals surface area (Å²) < 4.78 is 15.5. The van der Waals surface area contributed by atoms with Crippen LogP contribution < -0.4 is 0 Å². The van der Waals surface area contributed by atoms with E-state index in [9.17, 15) is 19.2 Å². The van der Waals surface area contributed by atoms with Gasteiger partial charge < -0.3 is 14.2 Å². The molecule has 0 bridgehead atoms. The zero-order valence-electron chi connectivity index (χ0n) is 16.0. The third-order valence-corrected chi connectivity index (χ3v) is 3.92. The number of carbonyl (C=O) groups excluding carboxylic acids is 4. The molecule has 0 saturated heterocycles. The van der Waals surface area contributed by atoms with Crippen LogP contribution in [0, 0.1) is 0 Å². The highest BCUT2D eigenvalue weighted by atomic mass is 16.6. The summed E-state index contributed by atoms with van der Waals surface area (Å²) in [4.78, 5) is 50.9. The molecule has 1 atom stereocenters. The summed E-state index contributed by atoms with van der Waals surface area (Å²) in [6.45, 7) is 5.53. The molecule has 0 saturated carbocycles. The lowest BCUT2D eigenvalue weighted by molar-refractivity contribution is -0.200. The summed E-state index contributed by atoms with van der Waals surface area (Å²) in [5.74, 6) is -2.19. The number of esters is 2. The van der Waals surface area contributed by atoms with Gasteiger partial charge in [0.25, 0.3) is 5.72 Å². The smallest absolute Gasteiger partial charge is 0.414 e. The summed E-state index contributed by atoms with van der Waals surface area (Å²) >= 11 is 0. The van der Waals surface area contributed by atoms with Gasteiger partial charge in [-0.05, 0) is 26.3 Å². The van der Waals surface area contributed by atoms with Crippen molar-refractivity contribution < 1.29 is 33.4 Å². The summed E-state index contributed by atoms with van der Waals surface area (Å²) in [6.07, 6.45) is -1.20. The van der Waals surface area contributed by atoms with E-state index in [1.165, 1.54) is 0 Å². The highest BCUT2D eigenvalue weighted by Crippen LogP contribution is 2.32. The second-order valence-corrected chi connectivity index (χ2v) is 7.19. The fourth-order valence-corrected chi connectivity index (χ4v) is 2.90. The average Bonchev–Trinajstić information content (AvgIpc) is 2.68. The van der Waals surface area contributed by atoms with Gasteiger partial charge in [-0.15, -0.1) is 0 Å². The number of benzene rings is 1. The maximum absolute atomic E-state index is 12.8. The van der Waals surface area contributed by atoms with Crippen molar-refractivity contribution in [3.63, 3.8) is 0 Å². The first kappa shape index (κ1) is 20.4. The normalized spacial score (nSPS) is 19.6. The molecule has 1 unspecified atom stereocenters. The SMILES string of the molecule is COC(=O)C1(OC(C)=O)Cc2ccccc2C(=O)CN1C(=O)OC(C)(C)C. The van der Waals surface area contributed by atoms with Crippen LogP contribution in [0.25, 0.3) is 0 Å². The van der Waals surface area contributed by atoms with Gasteiger partial charge >= 0.3 is 18.0 Å². The number of methoxy groups -OCH3 is 1. The van der Waals surface area contributed by atoms with E-state index in [-0.39, 0.29) is 6.42 Å². The predicted molar refractivity (Wildman–Crippen MR) is 93.9 cm³/mol. The zero-order valence-corrected chi connectivity index (χ0v) is 16.0. The summed E-state index contributed by atoms with van der Waals surface area (Å²) in [5.41, 5.74) is -2.24. The van der Waals surface area contributed by atoms with E-state index in [4.69, 9.17) is 14.2 Å². The van der Waals surface area contributed by atoms with Crippen molar-refractivity contribution in [2.75, 3.05) is 13.7 Å². The quantitative estimate of drug-likeness (QED) is 0.575. The number of carbonyl (C=O) groups is 4. The van der Waals surface area contributed by atoms with Crippen molar-refractivity contribution in [2.45, 2.75) is 45.4 Å². The molecule has 0 N–H and O–H groups in total. The van der Waals surface area contributed by atoms with E-state index < -0.39 is 41.7 Å². The van der Waals surface area contributed by atoms with Crippen LogP contribution >= 0.6 is 0 Å². The monoisotopic (exact) mass is 377 g/mol. The lowest BCUT2D eigenvalue weighted by atomic mass is 9.97. The van der Waals surface area contributed by atoms with Gasteiger partial charge in [0.15, 0.2) is 5.78 Å². The van der Waals surface area contributed by atoms with Crippen molar-refractivity contribution in [2.24, 2.45) is 0 Å². The molecule has 1 aliphatic rings. The van der Waals surface area contributed by atoms with Crippen LogP contribution in [0.3, 0.4) is 0 Å². The van der Waals surface area contributed by atoms with Crippen LogP contribution in [-0.4, -0.2) is 53.7 Å². The third-order valence-electron chi connectivity index (χ3n) is 3.92. The van der Waals surface area contributed by atoms with Crippen LogP contribution in [0.15, 0.2) is 24.3 Å². The molecule has 1 aromatic carbocycles. The van der Waals surface area contributed by atoms with Gasteiger partial charge in [0.1, 0.15) is 5.60 Å². The molecule has 1 heterocycles. The topological polar surface area (TPSA) is 99.2 Å². The predicted octanol–water partition coefficient (Wildman–Crippen LogP) is 2.09. The van der Waals surface area contributed by atoms with Gasteiger partial charge in [-0.25, -0.2) is 9.59 Å². The van der Waals surface area contributed by atoms with Crippen molar-refractivity contribution in [3.05, 3.63) is 35.4 Å². The lowest BCUT2D eigenvalue weighted by Gasteiger charge is -2.39. The Morgan fingerprint density at radius 2 is 1.78 bits per heavy atom. The van der Waals surface area contributed by atoms with Crippen molar-refractivity contribution >= 4 is 23.8 Å². The Morgan fingerprint density at radius 1 is 1.15 bits per heavy atom. The molecule has 0 spiro atoms.